The molecule has 0 unspecified atom stereocenters. The molecule has 0 radical (unpaired) electrons. The molecule has 1 aliphatic heterocycles. The molecule has 0 saturated carbocycles. The zero-order chi connectivity index (χ0) is 19.2. The van der Waals surface area contributed by atoms with Gasteiger partial charge in [0.15, 0.2) is 0 Å². The van der Waals surface area contributed by atoms with E-state index in [2.05, 4.69) is 20.2 Å². The molecule has 0 spiro atoms. The van der Waals surface area contributed by atoms with Crippen molar-refractivity contribution >= 4 is 33.3 Å². The van der Waals surface area contributed by atoms with Crippen molar-refractivity contribution in [3.05, 3.63) is 16.8 Å². The first-order chi connectivity index (χ1) is 13.1. The Bertz CT molecular complexity index is 776. The lowest BCUT2D eigenvalue weighted by Crippen LogP contribution is -2.39. The number of aromatic nitrogens is 2. The Balaban J connectivity index is 1.73. The number of nitrogens with zero attached hydrogens (tertiary/aromatic N) is 4. The molecule has 3 rings (SSSR count). The molecular weight excluding hydrogens is 366 g/mol. The van der Waals surface area contributed by atoms with E-state index >= 15 is 0 Å². The van der Waals surface area contributed by atoms with Crippen molar-refractivity contribution in [2.45, 2.75) is 6.92 Å². The zero-order valence-electron chi connectivity index (χ0n) is 16.2. The normalized spacial score (nSPS) is 15.2. The van der Waals surface area contributed by atoms with E-state index in [0.717, 1.165) is 61.0 Å². The van der Waals surface area contributed by atoms with Crippen molar-refractivity contribution in [3.63, 3.8) is 0 Å². The predicted molar refractivity (Wildman–Crippen MR) is 107 cm³/mol. The SMILES string of the molecule is COCCN(C)C(=O)c1sc2ncnc(NCCN3CCOCC3)c2c1C. The molecule has 0 bridgehead atoms. The minimum absolute atomic E-state index is 0.00758. The number of carbonyl (C=O) groups is 1. The number of aryl methyl sites for hydroxylation is 1. The smallest absolute Gasteiger partial charge is 0.264 e. The average Bonchev–Trinajstić information content (AvgIpc) is 3.04. The van der Waals surface area contributed by atoms with Crippen molar-refractivity contribution in [2.75, 3.05) is 72.0 Å². The topological polar surface area (TPSA) is 79.8 Å². The van der Waals surface area contributed by atoms with Crippen LogP contribution in [0.5, 0.6) is 0 Å². The Labute approximate surface area is 163 Å². The van der Waals surface area contributed by atoms with E-state index in [9.17, 15) is 4.79 Å². The number of hydrogen-bond donors (Lipinski definition) is 1. The number of likely N-dealkylation sites (N-methyl/N-ethyl adjacent to an activating group) is 1. The van der Waals surface area contributed by atoms with E-state index in [-0.39, 0.29) is 5.91 Å². The highest BCUT2D eigenvalue weighted by molar-refractivity contribution is 7.20. The van der Waals surface area contributed by atoms with Crippen molar-refractivity contribution in [2.24, 2.45) is 0 Å². The van der Waals surface area contributed by atoms with Gasteiger partial charge in [0.05, 0.1) is 30.1 Å². The summed E-state index contributed by atoms with van der Waals surface area (Å²) in [6, 6.07) is 0. The van der Waals surface area contributed by atoms with Gasteiger partial charge in [-0.3, -0.25) is 9.69 Å². The number of methoxy groups -OCH3 is 1. The lowest BCUT2D eigenvalue weighted by molar-refractivity contribution is 0.0398. The third-order valence-electron chi connectivity index (χ3n) is 4.72. The lowest BCUT2D eigenvalue weighted by atomic mass is 10.2. The van der Waals surface area contributed by atoms with Crippen LogP contribution in [0, 0.1) is 6.92 Å². The Morgan fingerprint density at radius 3 is 2.93 bits per heavy atom. The number of thiophene rings is 1. The van der Waals surface area contributed by atoms with E-state index < -0.39 is 0 Å². The highest BCUT2D eigenvalue weighted by Crippen LogP contribution is 2.33. The van der Waals surface area contributed by atoms with Crippen molar-refractivity contribution in [1.82, 2.24) is 19.8 Å². The molecule has 1 aliphatic rings. The van der Waals surface area contributed by atoms with Crippen LogP contribution in [-0.4, -0.2) is 92.4 Å². The molecule has 27 heavy (non-hydrogen) atoms. The van der Waals surface area contributed by atoms with Crippen LogP contribution in [0.15, 0.2) is 6.33 Å². The number of fused-ring (bicyclic) bond motifs is 1. The average molecular weight is 394 g/mol. The highest BCUT2D eigenvalue weighted by Gasteiger charge is 2.21. The van der Waals surface area contributed by atoms with Gasteiger partial charge in [-0.05, 0) is 12.5 Å². The minimum atomic E-state index is -0.00758. The number of rotatable bonds is 8. The van der Waals surface area contributed by atoms with Gasteiger partial charge in [-0.25, -0.2) is 9.97 Å². The van der Waals surface area contributed by atoms with Crippen molar-refractivity contribution in [1.29, 1.82) is 0 Å². The number of carbonyl (C=O) groups excluding carboxylic acids is 1. The number of nitrogens with one attached hydrogen (secondary N) is 1. The monoisotopic (exact) mass is 393 g/mol. The number of ether oxygens (including phenoxy) is 2. The fourth-order valence-electron chi connectivity index (χ4n) is 3.07. The van der Waals surface area contributed by atoms with Crippen LogP contribution in [0.25, 0.3) is 10.2 Å². The first-order valence-corrected chi connectivity index (χ1v) is 9.96. The summed E-state index contributed by atoms with van der Waals surface area (Å²) < 4.78 is 10.4. The van der Waals surface area contributed by atoms with Gasteiger partial charge in [0.25, 0.3) is 5.91 Å². The minimum Gasteiger partial charge on any atom is -0.383 e. The van der Waals surface area contributed by atoms with Crippen LogP contribution < -0.4 is 5.32 Å². The number of hydrogen-bond acceptors (Lipinski definition) is 8. The van der Waals surface area contributed by atoms with Crippen LogP contribution in [0.2, 0.25) is 0 Å². The second kappa shape index (κ2) is 9.41. The van der Waals surface area contributed by atoms with E-state index in [4.69, 9.17) is 9.47 Å². The van der Waals surface area contributed by atoms with Gasteiger partial charge in [-0.2, -0.15) is 0 Å². The van der Waals surface area contributed by atoms with Crippen LogP contribution in [0.3, 0.4) is 0 Å². The van der Waals surface area contributed by atoms with Gasteiger partial charge in [0.1, 0.15) is 17.0 Å². The van der Waals surface area contributed by atoms with E-state index in [0.29, 0.717) is 18.0 Å². The van der Waals surface area contributed by atoms with E-state index in [1.165, 1.54) is 11.3 Å². The van der Waals surface area contributed by atoms with Gasteiger partial charge in [-0.1, -0.05) is 0 Å². The van der Waals surface area contributed by atoms with E-state index in [1.807, 2.05) is 6.92 Å². The fraction of sp³-hybridized carbons (Fsp3) is 0.611. The maximum atomic E-state index is 12.8. The first kappa shape index (κ1) is 19.9. The number of amides is 1. The third-order valence-corrected chi connectivity index (χ3v) is 5.91. The third kappa shape index (κ3) is 4.73. The first-order valence-electron chi connectivity index (χ1n) is 9.14. The highest BCUT2D eigenvalue weighted by atomic mass is 32.1. The van der Waals surface area contributed by atoms with Gasteiger partial charge in [0.2, 0.25) is 0 Å². The van der Waals surface area contributed by atoms with Crippen molar-refractivity contribution < 1.29 is 14.3 Å². The molecule has 1 amide bonds. The molecule has 2 aromatic rings. The fourth-order valence-corrected chi connectivity index (χ4v) is 4.21. The van der Waals surface area contributed by atoms with Gasteiger partial charge in [0, 0.05) is 46.9 Å². The molecule has 0 aromatic carbocycles. The standard InChI is InChI=1S/C18H27N5O3S/c1-13-14-16(19-4-5-23-7-10-26-11-8-23)20-12-21-17(14)27-15(13)18(24)22(2)6-9-25-3/h12H,4-11H2,1-3H3,(H,19,20,21). The summed E-state index contributed by atoms with van der Waals surface area (Å²) in [7, 11) is 3.42. The maximum Gasteiger partial charge on any atom is 0.264 e. The molecule has 2 aromatic heterocycles. The molecule has 1 N–H and O–H groups in total. The van der Waals surface area contributed by atoms with Gasteiger partial charge >= 0.3 is 0 Å². The number of anilines is 1. The Morgan fingerprint density at radius 2 is 2.19 bits per heavy atom. The quantitative estimate of drug-likeness (QED) is 0.727. The number of morpholine rings is 1. The van der Waals surface area contributed by atoms with Gasteiger partial charge < -0.3 is 19.7 Å². The summed E-state index contributed by atoms with van der Waals surface area (Å²) in [4.78, 5) is 27.1. The molecule has 9 heteroatoms. The van der Waals surface area contributed by atoms with Crippen molar-refractivity contribution in [3.8, 4) is 0 Å². The maximum absolute atomic E-state index is 12.8. The van der Waals surface area contributed by atoms with E-state index in [1.54, 1.807) is 25.4 Å². The lowest BCUT2D eigenvalue weighted by Gasteiger charge is -2.26. The molecule has 148 valence electrons. The largest absolute Gasteiger partial charge is 0.383 e. The molecular formula is C18H27N5O3S. The molecule has 1 fully saturated rings. The summed E-state index contributed by atoms with van der Waals surface area (Å²) in [6.07, 6.45) is 1.55. The Morgan fingerprint density at radius 1 is 1.41 bits per heavy atom. The van der Waals surface area contributed by atoms with Crippen LogP contribution in [-0.2, 0) is 9.47 Å². The molecule has 3 heterocycles. The molecule has 8 nitrogen and oxygen atoms in total. The molecule has 0 atom stereocenters. The zero-order valence-corrected chi connectivity index (χ0v) is 17.0. The summed E-state index contributed by atoms with van der Waals surface area (Å²) in [5.41, 5.74) is 0.929. The van der Waals surface area contributed by atoms with Gasteiger partial charge in [-0.15, -0.1) is 11.3 Å². The van der Waals surface area contributed by atoms with Crippen LogP contribution >= 0.6 is 11.3 Å². The summed E-state index contributed by atoms with van der Waals surface area (Å²) in [6.45, 7) is 8.27. The van der Waals surface area contributed by atoms with Crippen LogP contribution in [0.1, 0.15) is 15.2 Å². The van der Waals surface area contributed by atoms with Crippen LogP contribution in [0.4, 0.5) is 5.82 Å². The molecule has 1 saturated heterocycles. The Kier molecular flexibility index (Phi) is 6.95. The second-order valence-corrected chi connectivity index (χ2v) is 7.56. The molecule has 0 aliphatic carbocycles. The summed E-state index contributed by atoms with van der Waals surface area (Å²) in [5.74, 6) is 0.785. The predicted octanol–water partition coefficient (Wildman–Crippen LogP) is 1.46. The second-order valence-electron chi connectivity index (χ2n) is 6.56. The summed E-state index contributed by atoms with van der Waals surface area (Å²) in [5, 5.41) is 4.36. The summed E-state index contributed by atoms with van der Waals surface area (Å²) >= 11 is 1.42. The Hall–Kier alpha value is -1.81.